The summed E-state index contributed by atoms with van der Waals surface area (Å²) in [7, 11) is 0. The maximum atomic E-state index is 6.83. The van der Waals surface area contributed by atoms with E-state index in [-0.39, 0.29) is 0 Å². The number of benzene rings is 9. The van der Waals surface area contributed by atoms with Crippen LogP contribution in [0.15, 0.2) is 215 Å². The fourth-order valence-electron chi connectivity index (χ4n) is 9.32. The lowest BCUT2D eigenvalue weighted by Gasteiger charge is -2.10. The number of fused-ring (bicyclic) bond motifs is 9. The lowest BCUT2D eigenvalue weighted by Crippen LogP contribution is -2.00. The van der Waals surface area contributed by atoms with Crippen molar-refractivity contribution >= 4 is 65.7 Å². The van der Waals surface area contributed by atoms with Crippen LogP contribution in [0, 0.1) is 0 Å². The quantitative estimate of drug-likeness (QED) is 0.167. The fraction of sp³-hybridized carbons (Fsp3) is 0. The summed E-state index contributed by atoms with van der Waals surface area (Å²) in [5.74, 6) is 1.69. The average molecular weight is 807 g/mol. The third kappa shape index (κ3) is 5.69. The Bertz CT molecular complexity index is 3870. The van der Waals surface area contributed by atoms with Gasteiger partial charge in [-0.1, -0.05) is 152 Å². The maximum absolute atomic E-state index is 6.83. The zero-order valence-electron chi connectivity index (χ0n) is 33.7. The number of aromatic nitrogens is 4. The van der Waals surface area contributed by atoms with Gasteiger partial charge in [-0.15, -0.1) is 0 Å². The van der Waals surface area contributed by atoms with Gasteiger partial charge in [-0.3, -0.25) is 0 Å². The summed E-state index contributed by atoms with van der Waals surface area (Å²) in [6, 6.07) is 71.5. The van der Waals surface area contributed by atoms with Crippen molar-refractivity contribution in [2.45, 2.75) is 0 Å². The van der Waals surface area contributed by atoms with E-state index in [0.717, 1.165) is 88.4 Å². The van der Waals surface area contributed by atoms with E-state index in [0.29, 0.717) is 17.5 Å². The van der Waals surface area contributed by atoms with Crippen molar-refractivity contribution in [3.05, 3.63) is 206 Å². The van der Waals surface area contributed by atoms with Crippen LogP contribution in [-0.2, 0) is 0 Å². The van der Waals surface area contributed by atoms with Gasteiger partial charge in [-0.2, -0.15) is 0 Å². The third-order valence-electron chi connectivity index (χ3n) is 12.3. The smallest absolute Gasteiger partial charge is 0.164 e. The largest absolute Gasteiger partial charge is 0.456 e. The molecule has 0 saturated heterocycles. The molecule has 9 aromatic carbocycles. The minimum Gasteiger partial charge on any atom is -0.456 e. The van der Waals surface area contributed by atoms with Crippen LogP contribution in [0.4, 0.5) is 0 Å². The minimum atomic E-state index is 0.551. The van der Waals surface area contributed by atoms with Gasteiger partial charge in [0, 0.05) is 49.0 Å². The van der Waals surface area contributed by atoms with Crippen LogP contribution in [0.3, 0.4) is 0 Å². The second-order valence-electron chi connectivity index (χ2n) is 15.9. The maximum Gasteiger partial charge on any atom is 0.164 e. The molecule has 4 aromatic heterocycles. The van der Waals surface area contributed by atoms with Crippen molar-refractivity contribution in [3.63, 3.8) is 0 Å². The molecule has 13 aromatic rings. The standard InChI is InChI=1S/C57H34N4O2/c1-3-14-35(15-4-1)37-18-11-19-38(32-37)39-29-31-50-46(33-39)43-30-28-40(34-52(43)62-50)56-58-55(36-16-5-2-6-17-36)59-57(60-56)45-23-13-27-51-53(45)44-22-12-26-49(54(44)63-51)61-47-24-9-7-20-41(47)42-21-8-10-25-48(42)61/h1-34H. The summed E-state index contributed by atoms with van der Waals surface area (Å²) in [6.07, 6.45) is 0. The highest BCUT2D eigenvalue weighted by Gasteiger charge is 2.22. The molecule has 0 atom stereocenters. The number of furan rings is 2. The summed E-state index contributed by atoms with van der Waals surface area (Å²) < 4.78 is 15.7. The molecule has 63 heavy (non-hydrogen) atoms. The van der Waals surface area contributed by atoms with Gasteiger partial charge < -0.3 is 13.4 Å². The Morgan fingerprint density at radius 3 is 1.68 bits per heavy atom. The Morgan fingerprint density at radius 2 is 0.905 bits per heavy atom. The highest BCUT2D eigenvalue weighted by molar-refractivity contribution is 6.16. The number of hydrogen-bond donors (Lipinski definition) is 0. The normalized spacial score (nSPS) is 11.8. The van der Waals surface area contributed by atoms with Gasteiger partial charge in [0.05, 0.1) is 16.7 Å². The summed E-state index contributed by atoms with van der Waals surface area (Å²) >= 11 is 0. The van der Waals surface area contributed by atoms with E-state index in [1.165, 1.54) is 21.9 Å². The van der Waals surface area contributed by atoms with E-state index in [1.807, 2.05) is 54.6 Å². The van der Waals surface area contributed by atoms with Gasteiger partial charge >= 0.3 is 0 Å². The van der Waals surface area contributed by atoms with E-state index < -0.39 is 0 Å². The third-order valence-corrected chi connectivity index (χ3v) is 12.3. The molecule has 0 aliphatic rings. The number of nitrogens with zero attached hydrogens (tertiary/aromatic N) is 4. The molecule has 6 heteroatoms. The summed E-state index contributed by atoms with van der Waals surface area (Å²) in [5, 5.41) is 6.41. The second-order valence-corrected chi connectivity index (χ2v) is 15.9. The Kier molecular flexibility index (Phi) is 7.80. The van der Waals surface area contributed by atoms with Gasteiger partial charge in [0.2, 0.25) is 0 Å². The van der Waals surface area contributed by atoms with E-state index in [2.05, 4.69) is 156 Å². The Labute approximate surface area is 361 Å². The molecule has 0 unspecified atom stereocenters. The molecule has 0 fully saturated rings. The van der Waals surface area contributed by atoms with Crippen LogP contribution in [0.2, 0.25) is 0 Å². The first-order chi connectivity index (χ1) is 31.2. The molecule has 0 N–H and O–H groups in total. The van der Waals surface area contributed by atoms with Crippen LogP contribution in [0.25, 0.3) is 128 Å². The van der Waals surface area contributed by atoms with Crippen LogP contribution in [0.5, 0.6) is 0 Å². The van der Waals surface area contributed by atoms with E-state index in [9.17, 15) is 0 Å². The zero-order valence-corrected chi connectivity index (χ0v) is 33.7. The van der Waals surface area contributed by atoms with Gasteiger partial charge in [-0.05, 0) is 76.9 Å². The van der Waals surface area contributed by atoms with Gasteiger partial charge in [0.1, 0.15) is 16.7 Å². The van der Waals surface area contributed by atoms with Crippen molar-refractivity contribution < 1.29 is 8.83 Å². The summed E-state index contributed by atoms with van der Waals surface area (Å²) in [6.45, 7) is 0. The molecule has 0 bridgehead atoms. The Balaban J connectivity index is 0.955. The van der Waals surface area contributed by atoms with Crippen molar-refractivity contribution in [1.82, 2.24) is 19.5 Å². The van der Waals surface area contributed by atoms with Crippen molar-refractivity contribution in [1.29, 1.82) is 0 Å². The van der Waals surface area contributed by atoms with Crippen molar-refractivity contribution in [3.8, 4) is 62.1 Å². The molecule has 13 rings (SSSR count). The number of hydrogen-bond acceptors (Lipinski definition) is 5. The lowest BCUT2D eigenvalue weighted by molar-refractivity contribution is 0.666. The van der Waals surface area contributed by atoms with Gasteiger partial charge in [0.15, 0.2) is 23.1 Å². The van der Waals surface area contributed by atoms with Crippen molar-refractivity contribution in [2.24, 2.45) is 0 Å². The van der Waals surface area contributed by atoms with E-state index >= 15 is 0 Å². The predicted molar refractivity (Wildman–Crippen MR) is 256 cm³/mol. The number of rotatable bonds is 6. The zero-order chi connectivity index (χ0) is 41.4. The highest BCUT2D eigenvalue weighted by atomic mass is 16.3. The van der Waals surface area contributed by atoms with E-state index in [1.54, 1.807) is 0 Å². The molecule has 294 valence electrons. The summed E-state index contributed by atoms with van der Waals surface area (Å²) in [4.78, 5) is 15.5. The molecule has 0 aliphatic heterocycles. The van der Waals surface area contributed by atoms with E-state index in [4.69, 9.17) is 23.8 Å². The molecule has 0 spiro atoms. The second kappa shape index (κ2) is 14.0. The van der Waals surface area contributed by atoms with Gasteiger partial charge in [-0.25, -0.2) is 15.0 Å². The lowest BCUT2D eigenvalue weighted by atomic mass is 9.98. The molecule has 6 nitrogen and oxygen atoms in total. The molecule has 0 aliphatic carbocycles. The van der Waals surface area contributed by atoms with Gasteiger partial charge in [0.25, 0.3) is 0 Å². The fourth-order valence-corrected chi connectivity index (χ4v) is 9.32. The molecule has 0 radical (unpaired) electrons. The average Bonchev–Trinajstić information content (AvgIpc) is 4.04. The van der Waals surface area contributed by atoms with Crippen LogP contribution in [0.1, 0.15) is 0 Å². The Morgan fingerprint density at radius 1 is 0.317 bits per heavy atom. The molecule has 0 amide bonds. The molecule has 0 saturated carbocycles. The first-order valence-electron chi connectivity index (χ1n) is 21.1. The first kappa shape index (κ1) is 35.2. The Hall–Kier alpha value is -8.61. The first-order valence-corrected chi connectivity index (χ1v) is 21.1. The summed E-state index contributed by atoms with van der Waals surface area (Å²) in [5.41, 5.74) is 13.6. The monoisotopic (exact) mass is 806 g/mol. The van der Waals surface area contributed by atoms with Crippen LogP contribution < -0.4 is 0 Å². The predicted octanol–water partition coefficient (Wildman–Crippen LogP) is 15.1. The highest BCUT2D eigenvalue weighted by Crippen LogP contribution is 2.42. The SMILES string of the molecule is c1ccc(-c2cccc(-c3ccc4oc5cc(-c6nc(-c7ccccc7)nc(-c7cccc8oc9c(-n%10c%11ccccc%11c%11ccccc%11%10)cccc9c78)n6)ccc5c4c3)c2)cc1. The van der Waals surface area contributed by atoms with Crippen molar-refractivity contribution in [2.75, 3.05) is 0 Å². The van der Waals surface area contributed by atoms with Crippen LogP contribution in [-0.4, -0.2) is 19.5 Å². The minimum absolute atomic E-state index is 0.551. The molecular weight excluding hydrogens is 773 g/mol. The molecular formula is C57H34N4O2. The van der Waals surface area contributed by atoms with Crippen LogP contribution >= 0.6 is 0 Å². The topological polar surface area (TPSA) is 69.9 Å². The molecule has 4 heterocycles. The number of para-hydroxylation sites is 3.